The lowest BCUT2D eigenvalue weighted by Gasteiger charge is -2.10. The molecule has 1 fully saturated rings. The Labute approximate surface area is 131 Å². The van der Waals surface area contributed by atoms with Gasteiger partial charge in [0.25, 0.3) is 11.6 Å². The molecular formula is C14H12N2O3S2. The molecule has 1 saturated heterocycles. The Morgan fingerprint density at radius 2 is 2.24 bits per heavy atom. The summed E-state index contributed by atoms with van der Waals surface area (Å²) in [4.78, 5) is 24.6. The van der Waals surface area contributed by atoms with Crippen molar-refractivity contribution in [1.82, 2.24) is 4.90 Å². The molecule has 0 bridgehead atoms. The Balaban J connectivity index is 2.35. The quantitative estimate of drug-likeness (QED) is 0.280. The number of nitro groups is 1. The molecule has 1 heterocycles. The lowest BCUT2D eigenvalue weighted by molar-refractivity contribution is -0.385. The number of hydrogen-bond acceptors (Lipinski definition) is 5. The lowest BCUT2D eigenvalue weighted by Crippen LogP contribution is -2.27. The van der Waals surface area contributed by atoms with E-state index in [9.17, 15) is 14.9 Å². The van der Waals surface area contributed by atoms with E-state index in [1.165, 1.54) is 22.7 Å². The lowest BCUT2D eigenvalue weighted by atomic mass is 10.1. The van der Waals surface area contributed by atoms with E-state index < -0.39 is 4.92 Å². The Bertz CT molecular complexity index is 683. The summed E-state index contributed by atoms with van der Waals surface area (Å²) in [5.74, 6) is -0.201. The first kappa shape index (κ1) is 15.4. The van der Waals surface area contributed by atoms with E-state index in [2.05, 4.69) is 6.58 Å². The van der Waals surface area contributed by atoms with Gasteiger partial charge in [-0.25, -0.2) is 0 Å². The van der Waals surface area contributed by atoms with Crippen LogP contribution in [0.4, 0.5) is 5.69 Å². The van der Waals surface area contributed by atoms with Gasteiger partial charge in [-0.05, 0) is 18.6 Å². The van der Waals surface area contributed by atoms with Gasteiger partial charge < -0.3 is 0 Å². The number of carbonyl (C=O) groups excluding carboxylic acids is 1. The predicted molar refractivity (Wildman–Crippen MR) is 87.9 cm³/mol. The van der Waals surface area contributed by atoms with Crippen LogP contribution in [0.5, 0.6) is 0 Å². The van der Waals surface area contributed by atoms with E-state index >= 15 is 0 Å². The number of nitro benzene ring substituents is 1. The molecule has 0 atom stereocenters. The summed E-state index contributed by atoms with van der Waals surface area (Å²) in [6.45, 7) is 5.61. The van der Waals surface area contributed by atoms with Crippen molar-refractivity contribution < 1.29 is 9.72 Å². The standard InChI is InChI=1S/C14H12N2O3S2/c1-3-6-15-13(17)12(21-14(15)20)8-10-5-4-9(2)11(7-10)16(18)19/h3-5,7-8H,1,6H2,2H3/b12-8-. The molecule has 1 amide bonds. The van der Waals surface area contributed by atoms with Gasteiger partial charge in [0.1, 0.15) is 4.32 Å². The van der Waals surface area contributed by atoms with E-state index in [-0.39, 0.29) is 11.6 Å². The highest BCUT2D eigenvalue weighted by Crippen LogP contribution is 2.33. The second-order valence-corrected chi connectivity index (χ2v) is 6.06. The largest absolute Gasteiger partial charge is 0.289 e. The Hall–Kier alpha value is -1.99. The smallest absolute Gasteiger partial charge is 0.272 e. The molecule has 7 heteroatoms. The van der Waals surface area contributed by atoms with Crippen LogP contribution >= 0.6 is 24.0 Å². The fourth-order valence-corrected chi connectivity index (χ4v) is 3.13. The average Bonchev–Trinajstić information content (AvgIpc) is 2.69. The van der Waals surface area contributed by atoms with Crippen molar-refractivity contribution in [3.63, 3.8) is 0 Å². The second kappa shape index (κ2) is 6.19. The van der Waals surface area contributed by atoms with Gasteiger partial charge in [0.05, 0.1) is 9.83 Å². The first-order chi connectivity index (χ1) is 9.93. The first-order valence-electron chi connectivity index (χ1n) is 6.05. The van der Waals surface area contributed by atoms with E-state index in [1.54, 1.807) is 31.2 Å². The maximum Gasteiger partial charge on any atom is 0.272 e. The van der Waals surface area contributed by atoms with Gasteiger partial charge in [-0.3, -0.25) is 19.8 Å². The number of hydrogen-bond donors (Lipinski definition) is 0. The molecule has 0 aliphatic carbocycles. The van der Waals surface area contributed by atoms with Crippen LogP contribution in [0.2, 0.25) is 0 Å². The average molecular weight is 320 g/mol. The molecule has 2 rings (SSSR count). The minimum absolute atomic E-state index is 0.0327. The molecule has 1 aliphatic heterocycles. The zero-order chi connectivity index (χ0) is 15.6. The summed E-state index contributed by atoms with van der Waals surface area (Å²) in [6, 6.07) is 4.85. The van der Waals surface area contributed by atoms with Gasteiger partial charge in [0.2, 0.25) is 0 Å². The maximum absolute atomic E-state index is 12.2. The van der Waals surface area contributed by atoms with Crippen LogP contribution in [0.25, 0.3) is 6.08 Å². The van der Waals surface area contributed by atoms with Crippen LogP contribution in [0, 0.1) is 17.0 Å². The Morgan fingerprint density at radius 3 is 2.86 bits per heavy atom. The molecule has 0 radical (unpaired) electrons. The van der Waals surface area contributed by atoms with Crippen molar-refractivity contribution >= 4 is 46.0 Å². The van der Waals surface area contributed by atoms with E-state index in [0.717, 1.165) is 0 Å². The summed E-state index contributed by atoms with van der Waals surface area (Å²) in [7, 11) is 0. The van der Waals surface area contributed by atoms with Gasteiger partial charge in [-0.1, -0.05) is 42.2 Å². The first-order valence-corrected chi connectivity index (χ1v) is 7.28. The Morgan fingerprint density at radius 1 is 1.52 bits per heavy atom. The number of nitrogens with zero attached hydrogens (tertiary/aromatic N) is 2. The summed E-state index contributed by atoms with van der Waals surface area (Å²) in [5.41, 5.74) is 1.22. The van der Waals surface area contributed by atoms with Gasteiger partial charge in [0.15, 0.2) is 0 Å². The summed E-state index contributed by atoms with van der Waals surface area (Å²) < 4.78 is 0.466. The minimum atomic E-state index is -0.435. The molecule has 0 N–H and O–H groups in total. The van der Waals surface area contributed by atoms with Crippen molar-refractivity contribution in [1.29, 1.82) is 0 Å². The molecule has 0 aromatic heterocycles. The second-order valence-electron chi connectivity index (χ2n) is 4.38. The molecule has 0 spiro atoms. The number of aryl methyl sites for hydroxylation is 1. The third-order valence-corrected chi connectivity index (χ3v) is 4.29. The number of rotatable bonds is 4. The molecule has 1 aromatic carbocycles. The topological polar surface area (TPSA) is 63.5 Å². The molecule has 21 heavy (non-hydrogen) atoms. The van der Waals surface area contributed by atoms with Crippen molar-refractivity contribution in [2.24, 2.45) is 0 Å². The van der Waals surface area contributed by atoms with Crippen molar-refractivity contribution in [2.75, 3.05) is 6.54 Å². The van der Waals surface area contributed by atoms with Gasteiger partial charge in [-0.15, -0.1) is 6.58 Å². The van der Waals surface area contributed by atoms with Crippen LogP contribution in [-0.2, 0) is 4.79 Å². The number of carbonyl (C=O) groups is 1. The number of thiocarbonyl (C=S) groups is 1. The molecular weight excluding hydrogens is 308 g/mol. The molecule has 108 valence electrons. The zero-order valence-corrected chi connectivity index (χ0v) is 12.9. The Kier molecular flexibility index (Phi) is 4.54. The molecule has 0 unspecified atom stereocenters. The normalized spacial score (nSPS) is 16.6. The van der Waals surface area contributed by atoms with Crippen molar-refractivity contribution in [2.45, 2.75) is 6.92 Å². The summed E-state index contributed by atoms with van der Waals surface area (Å²) in [6.07, 6.45) is 3.22. The number of amides is 1. The highest BCUT2D eigenvalue weighted by Gasteiger charge is 2.31. The van der Waals surface area contributed by atoms with Crippen molar-refractivity contribution in [3.8, 4) is 0 Å². The zero-order valence-electron chi connectivity index (χ0n) is 11.2. The van der Waals surface area contributed by atoms with Crippen LogP contribution in [0.1, 0.15) is 11.1 Å². The van der Waals surface area contributed by atoms with E-state index in [4.69, 9.17) is 12.2 Å². The summed E-state index contributed by atoms with van der Waals surface area (Å²) in [5, 5.41) is 10.9. The fraction of sp³-hybridized carbons (Fsp3) is 0.143. The van der Waals surface area contributed by atoms with Crippen molar-refractivity contribution in [3.05, 3.63) is 57.0 Å². The highest BCUT2D eigenvalue weighted by molar-refractivity contribution is 8.26. The van der Waals surface area contributed by atoms with E-state index in [0.29, 0.717) is 26.9 Å². The van der Waals surface area contributed by atoms with Crippen LogP contribution in [0.15, 0.2) is 35.8 Å². The predicted octanol–water partition coefficient (Wildman–Crippen LogP) is 3.29. The molecule has 1 aliphatic rings. The third kappa shape index (κ3) is 3.20. The highest BCUT2D eigenvalue weighted by atomic mass is 32.2. The summed E-state index contributed by atoms with van der Waals surface area (Å²) >= 11 is 6.32. The van der Waals surface area contributed by atoms with Gasteiger partial charge in [0, 0.05) is 18.2 Å². The minimum Gasteiger partial charge on any atom is -0.289 e. The maximum atomic E-state index is 12.2. The van der Waals surface area contributed by atoms with Crippen LogP contribution < -0.4 is 0 Å². The molecule has 0 saturated carbocycles. The van der Waals surface area contributed by atoms with Crippen LogP contribution in [0.3, 0.4) is 0 Å². The van der Waals surface area contributed by atoms with Crippen LogP contribution in [-0.4, -0.2) is 26.6 Å². The van der Waals surface area contributed by atoms with Gasteiger partial charge >= 0.3 is 0 Å². The third-order valence-electron chi connectivity index (χ3n) is 2.91. The van der Waals surface area contributed by atoms with E-state index in [1.807, 2.05) is 0 Å². The number of thioether (sulfide) groups is 1. The monoisotopic (exact) mass is 320 g/mol. The molecule has 5 nitrogen and oxygen atoms in total. The SMILES string of the molecule is C=CCN1C(=O)/C(=C/c2ccc(C)c([N+](=O)[O-])c2)SC1=S. The number of benzene rings is 1. The van der Waals surface area contributed by atoms with Gasteiger partial charge in [-0.2, -0.15) is 0 Å². The fourth-order valence-electron chi connectivity index (χ4n) is 1.85. The molecule has 1 aromatic rings.